The predicted molar refractivity (Wildman–Crippen MR) is 60.1 cm³/mol. The Labute approximate surface area is 85.3 Å². The highest BCUT2D eigenvalue weighted by atomic mass is 14.7. The summed E-state index contributed by atoms with van der Waals surface area (Å²) in [6.07, 6.45) is 4.25. The van der Waals surface area contributed by atoms with Gasteiger partial charge in [-0.1, -0.05) is 19.4 Å². The molecule has 0 saturated heterocycles. The summed E-state index contributed by atoms with van der Waals surface area (Å²) < 4.78 is 0. The van der Waals surface area contributed by atoms with E-state index in [4.69, 9.17) is 11.5 Å². The highest BCUT2D eigenvalue weighted by Crippen LogP contribution is 2.32. The standard InChI is InChI=1S/C12H18N2/c1-2-5-12(14)7-9-3-4-11(13)6-10(9)8-12/h3-4,6H,2,5,7-8,13-14H2,1H3. The van der Waals surface area contributed by atoms with Crippen molar-refractivity contribution in [1.82, 2.24) is 0 Å². The minimum Gasteiger partial charge on any atom is -0.399 e. The van der Waals surface area contributed by atoms with Gasteiger partial charge in [-0.2, -0.15) is 0 Å². The summed E-state index contributed by atoms with van der Waals surface area (Å²) in [4.78, 5) is 0. The second-order valence-corrected chi connectivity index (χ2v) is 4.49. The quantitative estimate of drug-likeness (QED) is 0.699. The number of nitrogens with two attached hydrogens (primary N) is 2. The van der Waals surface area contributed by atoms with E-state index in [1.165, 1.54) is 11.1 Å². The monoisotopic (exact) mass is 190 g/mol. The molecule has 0 radical (unpaired) electrons. The zero-order valence-corrected chi connectivity index (χ0v) is 8.72. The smallest absolute Gasteiger partial charge is 0.0316 e. The predicted octanol–water partition coefficient (Wildman–Crippen LogP) is 1.87. The molecule has 0 saturated carbocycles. The molecule has 2 nitrogen and oxygen atoms in total. The molecule has 1 aromatic carbocycles. The average molecular weight is 190 g/mol. The van der Waals surface area contributed by atoms with Gasteiger partial charge in [-0.3, -0.25) is 0 Å². The fourth-order valence-corrected chi connectivity index (χ4v) is 2.48. The number of benzene rings is 1. The Bertz CT molecular complexity index is 346. The molecule has 2 heteroatoms. The van der Waals surface area contributed by atoms with Gasteiger partial charge < -0.3 is 11.5 Å². The number of hydrogen-bond acceptors (Lipinski definition) is 2. The van der Waals surface area contributed by atoms with E-state index in [1.54, 1.807) is 0 Å². The van der Waals surface area contributed by atoms with Gasteiger partial charge in [0.2, 0.25) is 0 Å². The molecule has 0 aromatic heterocycles. The van der Waals surface area contributed by atoms with E-state index in [9.17, 15) is 0 Å². The third kappa shape index (κ3) is 1.62. The molecule has 14 heavy (non-hydrogen) atoms. The lowest BCUT2D eigenvalue weighted by atomic mass is 9.92. The molecule has 0 fully saturated rings. The first-order valence-corrected chi connectivity index (χ1v) is 5.29. The Kier molecular flexibility index (Phi) is 2.23. The molecular weight excluding hydrogens is 172 g/mol. The number of nitrogen functional groups attached to an aromatic ring is 1. The zero-order valence-electron chi connectivity index (χ0n) is 8.72. The second-order valence-electron chi connectivity index (χ2n) is 4.49. The van der Waals surface area contributed by atoms with Crippen LogP contribution >= 0.6 is 0 Å². The van der Waals surface area contributed by atoms with Crippen LogP contribution in [0.15, 0.2) is 18.2 Å². The van der Waals surface area contributed by atoms with Crippen LogP contribution in [-0.2, 0) is 12.8 Å². The molecule has 0 bridgehead atoms. The van der Waals surface area contributed by atoms with Crippen molar-refractivity contribution in [2.75, 3.05) is 5.73 Å². The maximum atomic E-state index is 6.33. The Balaban J connectivity index is 2.25. The van der Waals surface area contributed by atoms with E-state index in [0.29, 0.717) is 0 Å². The van der Waals surface area contributed by atoms with Crippen LogP contribution in [0.4, 0.5) is 5.69 Å². The summed E-state index contributed by atoms with van der Waals surface area (Å²) >= 11 is 0. The van der Waals surface area contributed by atoms with Crippen LogP contribution in [0.5, 0.6) is 0 Å². The van der Waals surface area contributed by atoms with Crippen molar-refractivity contribution in [3.8, 4) is 0 Å². The van der Waals surface area contributed by atoms with Gasteiger partial charge in [-0.05, 0) is 42.5 Å². The molecule has 2 rings (SSSR count). The lowest BCUT2D eigenvalue weighted by Gasteiger charge is -2.22. The number of fused-ring (bicyclic) bond motifs is 1. The van der Waals surface area contributed by atoms with E-state index < -0.39 is 0 Å². The van der Waals surface area contributed by atoms with E-state index in [-0.39, 0.29) is 5.54 Å². The highest BCUT2D eigenvalue weighted by molar-refractivity contribution is 5.48. The van der Waals surface area contributed by atoms with Crippen LogP contribution in [0.1, 0.15) is 30.9 Å². The Morgan fingerprint density at radius 2 is 2.00 bits per heavy atom. The van der Waals surface area contributed by atoms with Gasteiger partial charge in [0.25, 0.3) is 0 Å². The summed E-state index contributed by atoms with van der Waals surface area (Å²) in [5.74, 6) is 0. The maximum absolute atomic E-state index is 6.33. The topological polar surface area (TPSA) is 52.0 Å². The van der Waals surface area contributed by atoms with Crippen LogP contribution in [0, 0.1) is 0 Å². The van der Waals surface area contributed by atoms with Crippen molar-refractivity contribution < 1.29 is 0 Å². The minimum absolute atomic E-state index is 0.00905. The SMILES string of the molecule is CCCC1(N)Cc2ccc(N)cc2C1. The largest absolute Gasteiger partial charge is 0.399 e. The average Bonchev–Trinajstić information content (AvgIpc) is 2.40. The highest BCUT2D eigenvalue weighted by Gasteiger charge is 2.32. The van der Waals surface area contributed by atoms with Crippen LogP contribution in [0.2, 0.25) is 0 Å². The fourth-order valence-electron chi connectivity index (χ4n) is 2.48. The van der Waals surface area contributed by atoms with Crippen molar-refractivity contribution in [3.63, 3.8) is 0 Å². The van der Waals surface area contributed by atoms with Gasteiger partial charge >= 0.3 is 0 Å². The molecule has 1 aromatic rings. The second kappa shape index (κ2) is 3.28. The minimum atomic E-state index is -0.00905. The number of hydrogen-bond donors (Lipinski definition) is 2. The van der Waals surface area contributed by atoms with Crippen molar-refractivity contribution in [1.29, 1.82) is 0 Å². The van der Waals surface area contributed by atoms with Gasteiger partial charge in [0.1, 0.15) is 0 Å². The molecule has 76 valence electrons. The normalized spacial score (nSPS) is 25.0. The molecule has 1 aliphatic carbocycles. The van der Waals surface area contributed by atoms with Gasteiger partial charge in [0.15, 0.2) is 0 Å². The van der Waals surface area contributed by atoms with Gasteiger partial charge in [-0.25, -0.2) is 0 Å². The number of anilines is 1. The van der Waals surface area contributed by atoms with E-state index in [1.807, 2.05) is 6.07 Å². The zero-order chi connectivity index (χ0) is 10.2. The lowest BCUT2D eigenvalue weighted by molar-refractivity contribution is 0.410. The van der Waals surface area contributed by atoms with Crippen LogP contribution in [0.3, 0.4) is 0 Å². The Morgan fingerprint density at radius 3 is 2.71 bits per heavy atom. The molecule has 0 spiro atoms. The molecule has 4 N–H and O–H groups in total. The summed E-state index contributed by atoms with van der Waals surface area (Å²) in [5, 5.41) is 0. The van der Waals surface area contributed by atoms with Crippen LogP contribution in [-0.4, -0.2) is 5.54 Å². The maximum Gasteiger partial charge on any atom is 0.0316 e. The van der Waals surface area contributed by atoms with Crippen LogP contribution in [0.25, 0.3) is 0 Å². The molecule has 0 aliphatic heterocycles. The lowest BCUT2D eigenvalue weighted by Crippen LogP contribution is -2.40. The van der Waals surface area contributed by atoms with Gasteiger partial charge in [0.05, 0.1) is 0 Å². The Hall–Kier alpha value is -1.02. The van der Waals surface area contributed by atoms with Crippen molar-refractivity contribution in [3.05, 3.63) is 29.3 Å². The van der Waals surface area contributed by atoms with Crippen LogP contribution < -0.4 is 11.5 Å². The molecule has 1 atom stereocenters. The van der Waals surface area contributed by atoms with Gasteiger partial charge in [0, 0.05) is 11.2 Å². The summed E-state index contributed by atoms with van der Waals surface area (Å²) in [7, 11) is 0. The summed E-state index contributed by atoms with van der Waals surface area (Å²) in [6.45, 7) is 2.19. The molecule has 1 unspecified atom stereocenters. The molecule has 0 amide bonds. The fraction of sp³-hybridized carbons (Fsp3) is 0.500. The summed E-state index contributed by atoms with van der Waals surface area (Å²) in [5.41, 5.74) is 15.7. The third-order valence-electron chi connectivity index (χ3n) is 3.06. The molecule has 1 aliphatic rings. The third-order valence-corrected chi connectivity index (χ3v) is 3.06. The Morgan fingerprint density at radius 1 is 1.29 bits per heavy atom. The number of rotatable bonds is 2. The van der Waals surface area contributed by atoms with Crippen molar-refractivity contribution in [2.24, 2.45) is 5.73 Å². The van der Waals surface area contributed by atoms with E-state index in [2.05, 4.69) is 19.1 Å². The van der Waals surface area contributed by atoms with Crippen molar-refractivity contribution >= 4 is 5.69 Å². The first-order valence-electron chi connectivity index (χ1n) is 5.29. The first kappa shape index (κ1) is 9.53. The summed E-state index contributed by atoms with van der Waals surface area (Å²) in [6, 6.07) is 6.16. The van der Waals surface area contributed by atoms with Gasteiger partial charge in [-0.15, -0.1) is 0 Å². The first-order chi connectivity index (χ1) is 6.63. The van der Waals surface area contributed by atoms with Crippen molar-refractivity contribution in [2.45, 2.75) is 38.1 Å². The molecule has 0 heterocycles. The van der Waals surface area contributed by atoms with E-state index >= 15 is 0 Å². The molecular formula is C12H18N2. The van der Waals surface area contributed by atoms with E-state index in [0.717, 1.165) is 31.4 Å².